The van der Waals surface area contributed by atoms with E-state index in [0.717, 1.165) is 17.8 Å². The standard InChI is InChI=1S/C13H22N4O3/c1-9-12(14)10(2)17(16-9)6-11(18)15-7-13(19-3)4-5-20-8-13/h4-8,14H2,1-3H3,(H,15,18). The van der Waals surface area contributed by atoms with E-state index in [1.165, 1.54) is 0 Å². The molecule has 1 atom stereocenters. The van der Waals surface area contributed by atoms with Crippen molar-refractivity contribution in [3.05, 3.63) is 11.4 Å². The molecule has 2 rings (SSSR count). The summed E-state index contributed by atoms with van der Waals surface area (Å²) in [5, 5.41) is 7.12. The van der Waals surface area contributed by atoms with Crippen LogP contribution in [0, 0.1) is 13.8 Å². The Hall–Kier alpha value is -1.60. The first kappa shape index (κ1) is 14.8. The summed E-state index contributed by atoms with van der Waals surface area (Å²) in [5.41, 5.74) is 7.63. The van der Waals surface area contributed by atoms with E-state index in [0.29, 0.717) is 25.4 Å². The molecule has 0 bridgehead atoms. The van der Waals surface area contributed by atoms with Crippen LogP contribution in [0.15, 0.2) is 0 Å². The Balaban J connectivity index is 1.91. The molecule has 1 fully saturated rings. The van der Waals surface area contributed by atoms with Crippen molar-refractivity contribution in [2.75, 3.05) is 32.6 Å². The van der Waals surface area contributed by atoms with Crippen molar-refractivity contribution < 1.29 is 14.3 Å². The number of nitrogens with one attached hydrogen (secondary N) is 1. The topological polar surface area (TPSA) is 91.4 Å². The smallest absolute Gasteiger partial charge is 0.241 e. The molecule has 7 nitrogen and oxygen atoms in total. The first-order chi connectivity index (χ1) is 9.47. The van der Waals surface area contributed by atoms with Gasteiger partial charge in [-0.15, -0.1) is 0 Å². The minimum atomic E-state index is -0.399. The van der Waals surface area contributed by atoms with E-state index in [-0.39, 0.29) is 12.5 Å². The lowest BCUT2D eigenvalue weighted by Crippen LogP contribution is -2.45. The number of nitrogens with two attached hydrogens (primary N) is 1. The summed E-state index contributed by atoms with van der Waals surface area (Å²) < 4.78 is 12.4. The van der Waals surface area contributed by atoms with Gasteiger partial charge in [-0.05, 0) is 13.8 Å². The maximum absolute atomic E-state index is 12.0. The Bertz CT molecular complexity index is 492. The summed E-state index contributed by atoms with van der Waals surface area (Å²) in [5.74, 6) is -0.112. The number of carbonyl (C=O) groups is 1. The second-order valence-electron chi connectivity index (χ2n) is 5.21. The number of amides is 1. The van der Waals surface area contributed by atoms with Crippen molar-refractivity contribution >= 4 is 11.6 Å². The van der Waals surface area contributed by atoms with Crippen LogP contribution in [0.1, 0.15) is 17.8 Å². The van der Waals surface area contributed by atoms with E-state index >= 15 is 0 Å². The number of ether oxygens (including phenoxy) is 2. The Morgan fingerprint density at radius 2 is 2.35 bits per heavy atom. The fraction of sp³-hybridized carbons (Fsp3) is 0.692. The monoisotopic (exact) mass is 282 g/mol. The van der Waals surface area contributed by atoms with E-state index in [2.05, 4.69) is 10.4 Å². The molecule has 1 amide bonds. The molecule has 20 heavy (non-hydrogen) atoms. The zero-order valence-corrected chi connectivity index (χ0v) is 12.2. The highest BCUT2D eigenvalue weighted by molar-refractivity contribution is 5.76. The lowest BCUT2D eigenvalue weighted by Gasteiger charge is -2.25. The van der Waals surface area contributed by atoms with Gasteiger partial charge in [-0.3, -0.25) is 9.48 Å². The number of anilines is 1. The molecule has 3 N–H and O–H groups in total. The van der Waals surface area contributed by atoms with Crippen molar-refractivity contribution in [2.24, 2.45) is 0 Å². The largest absolute Gasteiger partial charge is 0.396 e. The summed E-state index contributed by atoms with van der Waals surface area (Å²) in [7, 11) is 1.64. The molecule has 1 aliphatic rings. The number of methoxy groups -OCH3 is 1. The molecule has 0 radical (unpaired) electrons. The van der Waals surface area contributed by atoms with Gasteiger partial charge in [0, 0.05) is 26.7 Å². The fourth-order valence-corrected chi connectivity index (χ4v) is 2.28. The summed E-state index contributed by atoms with van der Waals surface area (Å²) >= 11 is 0. The molecule has 0 saturated carbocycles. The highest BCUT2D eigenvalue weighted by atomic mass is 16.5. The van der Waals surface area contributed by atoms with E-state index in [1.807, 2.05) is 13.8 Å². The van der Waals surface area contributed by atoms with Crippen LogP contribution in [-0.2, 0) is 20.8 Å². The zero-order valence-electron chi connectivity index (χ0n) is 12.2. The third-order valence-electron chi connectivity index (χ3n) is 3.84. The van der Waals surface area contributed by atoms with Gasteiger partial charge < -0.3 is 20.5 Å². The molecule has 0 aromatic carbocycles. The Kier molecular flexibility index (Phi) is 4.29. The molecule has 7 heteroatoms. The van der Waals surface area contributed by atoms with Crippen LogP contribution in [0.5, 0.6) is 0 Å². The fourth-order valence-electron chi connectivity index (χ4n) is 2.28. The van der Waals surface area contributed by atoms with Crippen molar-refractivity contribution in [1.29, 1.82) is 0 Å². The highest BCUT2D eigenvalue weighted by Crippen LogP contribution is 2.21. The van der Waals surface area contributed by atoms with E-state index in [4.69, 9.17) is 15.2 Å². The molecule has 0 spiro atoms. The van der Waals surface area contributed by atoms with Gasteiger partial charge in [0.25, 0.3) is 0 Å². The minimum absolute atomic E-state index is 0.112. The number of aryl methyl sites for hydroxylation is 1. The van der Waals surface area contributed by atoms with Crippen molar-refractivity contribution in [3.8, 4) is 0 Å². The number of carbonyl (C=O) groups excluding carboxylic acids is 1. The van der Waals surface area contributed by atoms with Crippen molar-refractivity contribution in [3.63, 3.8) is 0 Å². The number of nitrogens with zero attached hydrogens (tertiary/aromatic N) is 2. The minimum Gasteiger partial charge on any atom is -0.396 e. The third-order valence-corrected chi connectivity index (χ3v) is 3.84. The lowest BCUT2D eigenvalue weighted by atomic mass is 10.0. The van der Waals surface area contributed by atoms with Gasteiger partial charge in [0.1, 0.15) is 12.1 Å². The maximum Gasteiger partial charge on any atom is 0.241 e. The van der Waals surface area contributed by atoms with Crippen LogP contribution < -0.4 is 11.1 Å². The maximum atomic E-state index is 12.0. The number of hydrogen-bond acceptors (Lipinski definition) is 5. The molecule has 2 heterocycles. The molecule has 1 aromatic heterocycles. The molecule has 112 valence electrons. The van der Waals surface area contributed by atoms with Crippen molar-refractivity contribution in [2.45, 2.75) is 32.4 Å². The highest BCUT2D eigenvalue weighted by Gasteiger charge is 2.35. The van der Waals surface area contributed by atoms with E-state index in [9.17, 15) is 4.79 Å². The lowest BCUT2D eigenvalue weighted by molar-refractivity contribution is -0.123. The number of nitrogen functional groups attached to an aromatic ring is 1. The molecule has 0 aliphatic carbocycles. The van der Waals surface area contributed by atoms with Gasteiger partial charge in [-0.25, -0.2) is 0 Å². The number of rotatable bonds is 5. The first-order valence-electron chi connectivity index (χ1n) is 6.66. The number of hydrogen-bond donors (Lipinski definition) is 2. The van der Waals surface area contributed by atoms with Gasteiger partial charge in [-0.1, -0.05) is 0 Å². The summed E-state index contributed by atoms with van der Waals surface area (Å²) in [6.07, 6.45) is 0.788. The van der Waals surface area contributed by atoms with Gasteiger partial charge in [0.05, 0.1) is 23.7 Å². The second kappa shape index (κ2) is 5.80. The predicted molar refractivity (Wildman–Crippen MR) is 74.3 cm³/mol. The Morgan fingerprint density at radius 3 is 2.85 bits per heavy atom. The van der Waals surface area contributed by atoms with Crippen LogP contribution in [-0.4, -0.2) is 48.2 Å². The molecule has 1 aromatic rings. The third kappa shape index (κ3) is 2.94. The molecular weight excluding hydrogens is 260 g/mol. The normalized spacial score (nSPS) is 22.1. The zero-order chi connectivity index (χ0) is 14.8. The summed E-state index contributed by atoms with van der Waals surface area (Å²) in [6.45, 7) is 5.45. The van der Waals surface area contributed by atoms with Gasteiger partial charge in [-0.2, -0.15) is 5.10 Å². The first-order valence-corrected chi connectivity index (χ1v) is 6.66. The van der Waals surface area contributed by atoms with Gasteiger partial charge in [0.2, 0.25) is 5.91 Å². The number of aromatic nitrogens is 2. The molecule has 1 saturated heterocycles. The Labute approximate surface area is 118 Å². The summed E-state index contributed by atoms with van der Waals surface area (Å²) in [4.78, 5) is 12.0. The molecular formula is C13H22N4O3. The van der Waals surface area contributed by atoms with E-state index < -0.39 is 5.60 Å². The van der Waals surface area contributed by atoms with Crippen LogP contribution in [0.4, 0.5) is 5.69 Å². The average molecular weight is 282 g/mol. The molecule has 1 unspecified atom stereocenters. The van der Waals surface area contributed by atoms with E-state index in [1.54, 1.807) is 11.8 Å². The van der Waals surface area contributed by atoms with Crippen molar-refractivity contribution in [1.82, 2.24) is 15.1 Å². The van der Waals surface area contributed by atoms with Crippen LogP contribution in [0.25, 0.3) is 0 Å². The average Bonchev–Trinajstić information content (AvgIpc) is 3.00. The van der Waals surface area contributed by atoms with Crippen LogP contribution in [0.2, 0.25) is 0 Å². The van der Waals surface area contributed by atoms with Gasteiger partial charge in [0.15, 0.2) is 0 Å². The quantitative estimate of drug-likeness (QED) is 0.793. The second-order valence-corrected chi connectivity index (χ2v) is 5.21. The van der Waals surface area contributed by atoms with Crippen LogP contribution >= 0.6 is 0 Å². The SMILES string of the molecule is COC1(CNC(=O)Cn2nc(C)c(N)c2C)CCOC1. The van der Waals surface area contributed by atoms with Crippen LogP contribution in [0.3, 0.4) is 0 Å². The Morgan fingerprint density at radius 1 is 1.60 bits per heavy atom. The molecule has 1 aliphatic heterocycles. The van der Waals surface area contributed by atoms with Gasteiger partial charge >= 0.3 is 0 Å². The summed E-state index contributed by atoms with van der Waals surface area (Å²) in [6, 6.07) is 0. The predicted octanol–water partition coefficient (Wildman–Crippen LogP) is 0.00384.